The zero-order chi connectivity index (χ0) is 12.0. The average Bonchev–Trinajstić information content (AvgIpc) is 2.67. The molecule has 0 saturated heterocycles. The second-order valence-electron chi connectivity index (χ2n) is 6.20. The van der Waals surface area contributed by atoms with Gasteiger partial charge in [0.25, 0.3) is 0 Å². The summed E-state index contributed by atoms with van der Waals surface area (Å²) in [5.41, 5.74) is 0.524. The van der Waals surface area contributed by atoms with Crippen LogP contribution in [-0.2, 0) is 9.53 Å². The normalized spacial score (nSPS) is 40.0. The van der Waals surface area contributed by atoms with Gasteiger partial charge in [-0.3, -0.25) is 4.79 Å². The molecule has 2 bridgehead atoms. The number of methoxy groups -OCH3 is 1. The minimum Gasteiger partial charge on any atom is -0.468 e. The zero-order valence-electron chi connectivity index (χ0n) is 10.7. The smallest absolute Gasteiger partial charge is 0.315 e. The highest BCUT2D eigenvalue weighted by Gasteiger charge is 2.55. The maximum atomic E-state index is 11.2. The second-order valence-corrected chi connectivity index (χ2v) is 7.71. The quantitative estimate of drug-likeness (QED) is 0.711. The van der Waals surface area contributed by atoms with E-state index in [1.807, 2.05) is 11.8 Å². The van der Waals surface area contributed by atoms with Crippen LogP contribution < -0.4 is 0 Å². The van der Waals surface area contributed by atoms with Crippen LogP contribution in [0.15, 0.2) is 0 Å². The van der Waals surface area contributed by atoms with E-state index in [4.69, 9.17) is 4.74 Å². The van der Waals surface area contributed by atoms with E-state index in [1.54, 1.807) is 0 Å². The lowest BCUT2D eigenvalue weighted by molar-refractivity contribution is -0.137. The summed E-state index contributed by atoms with van der Waals surface area (Å²) in [7, 11) is 1.47. The van der Waals surface area contributed by atoms with Crippen LogP contribution in [0.2, 0.25) is 0 Å². The first-order valence-electron chi connectivity index (χ1n) is 6.08. The third-order valence-electron chi connectivity index (χ3n) is 4.71. The number of hydrogen-bond acceptors (Lipinski definition) is 3. The maximum absolute atomic E-state index is 11.2. The molecule has 0 radical (unpaired) electrons. The molecule has 2 rings (SSSR count). The van der Waals surface area contributed by atoms with Gasteiger partial charge in [-0.1, -0.05) is 20.8 Å². The van der Waals surface area contributed by atoms with Crippen LogP contribution in [0.5, 0.6) is 0 Å². The highest BCUT2D eigenvalue weighted by atomic mass is 32.2. The lowest BCUT2D eigenvalue weighted by Gasteiger charge is -2.40. The highest BCUT2D eigenvalue weighted by Crippen LogP contribution is 2.63. The molecule has 3 heteroatoms. The maximum Gasteiger partial charge on any atom is 0.315 e. The summed E-state index contributed by atoms with van der Waals surface area (Å²) >= 11 is 1.81. The molecular weight excluding hydrogens is 220 g/mol. The van der Waals surface area contributed by atoms with Gasteiger partial charge in [-0.15, -0.1) is 11.8 Å². The number of rotatable bonds is 3. The van der Waals surface area contributed by atoms with Crippen LogP contribution in [0.1, 0.15) is 40.0 Å². The highest BCUT2D eigenvalue weighted by molar-refractivity contribution is 8.01. The Morgan fingerprint density at radius 2 is 2.00 bits per heavy atom. The van der Waals surface area contributed by atoms with Crippen molar-refractivity contribution in [3.63, 3.8) is 0 Å². The fourth-order valence-electron chi connectivity index (χ4n) is 3.49. The first-order valence-corrected chi connectivity index (χ1v) is 7.07. The Kier molecular flexibility index (Phi) is 3.02. The van der Waals surface area contributed by atoms with Crippen LogP contribution in [-0.4, -0.2) is 23.6 Å². The monoisotopic (exact) mass is 242 g/mol. The lowest BCUT2D eigenvalue weighted by atomic mass is 9.73. The molecule has 3 atom stereocenters. The molecule has 3 unspecified atom stereocenters. The van der Waals surface area contributed by atoms with E-state index in [0.717, 1.165) is 11.8 Å². The van der Waals surface area contributed by atoms with Gasteiger partial charge in [-0.25, -0.2) is 0 Å². The fourth-order valence-corrected chi connectivity index (χ4v) is 4.79. The van der Waals surface area contributed by atoms with Crippen LogP contribution in [0, 0.1) is 17.3 Å². The largest absolute Gasteiger partial charge is 0.468 e. The molecule has 0 aliphatic heterocycles. The molecule has 2 saturated carbocycles. The summed E-state index contributed by atoms with van der Waals surface area (Å²) in [6.45, 7) is 7.12. The minimum atomic E-state index is -0.0896. The SMILES string of the molecule is COC(=O)CSC1(C)CC2CC1CC2(C)C. The molecule has 0 N–H and O–H groups in total. The van der Waals surface area contributed by atoms with E-state index in [9.17, 15) is 4.79 Å². The molecule has 92 valence electrons. The number of fused-ring (bicyclic) bond motifs is 2. The molecule has 0 heterocycles. The van der Waals surface area contributed by atoms with Gasteiger partial charge in [0.1, 0.15) is 0 Å². The van der Waals surface area contributed by atoms with E-state index in [-0.39, 0.29) is 5.97 Å². The Hall–Kier alpha value is -0.180. The predicted octanol–water partition coefficient (Wildman–Crippen LogP) is 3.11. The standard InChI is InChI=1S/C13H22O2S/c1-12(2)6-10-5-9(12)7-13(10,3)16-8-11(14)15-4/h9-10H,5-8H2,1-4H3. The molecule has 2 fully saturated rings. The van der Waals surface area contributed by atoms with Crippen molar-refractivity contribution < 1.29 is 9.53 Å². The Morgan fingerprint density at radius 1 is 1.31 bits per heavy atom. The first-order chi connectivity index (χ1) is 7.37. The molecule has 0 aromatic heterocycles. The Labute approximate surface area is 103 Å². The Balaban J connectivity index is 1.95. The van der Waals surface area contributed by atoms with Crippen molar-refractivity contribution in [1.29, 1.82) is 0 Å². The van der Waals surface area contributed by atoms with Gasteiger partial charge in [0.2, 0.25) is 0 Å². The van der Waals surface area contributed by atoms with Gasteiger partial charge in [0, 0.05) is 4.75 Å². The molecule has 16 heavy (non-hydrogen) atoms. The summed E-state index contributed by atoms with van der Waals surface area (Å²) in [5, 5.41) is 0. The number of hydrogen-bond donors (Lipinski definition) is 0. The number of ether oxygens (including phenoxy) is 1. The fraction of sp³-hybridized carbons (Fsp3) is 0.923. The number of carbonyl (C=O) groups excluding carboxylic acids is 1. The van der Waals surface area contributed by atoms with Crippen molar-refractivity contribution in [2.75, 3.05) is 12.9 Å². The third-order valence-corrected chi connectivity index (χ3v) is 6.25. The zero-order valence-corrected chi connectivity index (χ0v) is 11.5. The van der Waals surface area contributed by atoms with Gasteiger partial charge >= 0.3 is 5.97 Å². The topological polar surface area (TPSA) is 26.3 Å². The predicted molar refractivity (Wildman–Crippen MR) is 67.5 cm³/mol. The molecule has 2 aliphatic rings. The summed E-state index contributed by atoms with van der Waals surface area (Å²) in [6.07, 6.45) is 3.95. The number of esters is 1. The molecule has 2 aliphatic carbocycles. The van der Waals surface area contributed by atoms with Crippen molar-refractivity contribution in [2.45, 2.75) is 44.8 Å². The molecular formula is C13H22O2S. The minimum absolute atomic E-state index is 0.0896. The van der Waals surface area contributed by atoms with Crippen molar-refractivity contribution in [3.8, 4) is 0 Å². The molecule has 0 spiro atoms. The van der Waals surface area contributed by atoms with Gasteiger partial charge in [0.15, 0.2) is 0 Å². The van der Waals surface area contributed by atoms with E-state index in [2.05, 4.69) is 20.8 Å². The molecule has 2 nitrogen and oxygen atoms in total. The second kappa shape index (κ2) is 3.94. The van der Waals surface area contributed by atoms with Crippen LogP contribution >= 0.6 is 11.8 Å². The molecule has 0 amide bonds. The first kappa shape index (κ1) is 12.3. The van der Waals surface area contributed by atoms with Gasteiger partial charge < -0.3 is 4.74 Å². The van der Waals surface area contributed by atoms with Gasteiger partial charge in [-0.05, 0) is 36.5 Å². The van der Waals surface area contributed by atoms with E-state index >= 15 is 0 Å². The van der Waals surface area contributed by atoms with Crippen molar-refractivity contribution in [2.24, 2.45) is 17.3 Å². The van der Waals surface area contributed by atoms with Crippen molar-refractivity contribution in [1.82, 2.24) is 0 Å². The average molecular weight is 242 g/mol. The third kappa shape index (κ3) is 1.99. The van der Waals surface area contributed by atoms with Crippen molar-refractivity contribution >= 4 is 17.7 Å². The van der Waals surface area contributed by atoms with Gasteiger partial charge in [0.05, 0.1) is 12.9 Å². The summed E-state index contributed by atoms with van der Waals surface area (Å²) in [5.74, 6) is 2.07. The lowest BCUT2D eigenvalue weighted by Crippen LogP contribution is -2.35. The van der Waals surface area contributed by atoms with Gasteiger partial charge in [-0.2, -0.15) is 0 Å². The van der Waals surface area contributed by atoms with Crippen LogP contribution in [0.4, 0.5) is 0 Å². The van der Waals surface area contributed by atoms with Crippen LogP contribution in [0.25, 0.3) is 0 Å². The van der Waals surface area contributed by atoms with E-state index in [1.165, 1.54) is 26.4 Å². The Bertz CT molecular complexity index is 300. The number of carbonyl (C=O) groups is 1. The summed E-state index contributed by atoms with van der Waals surface area (Å²) in [6, 6.07) is 0. The van der Waals surface area contributed by atoms with Crippen LogP contribution in [0.3, 0.4) is 0 Å². The molecule has 0 aromatic rings. The summed E-state index contributed by atoms with van der Waals surface area (Å²) in [4.78, 5) is 11.2. The van der Waals surface area contributed by atoms with Crippen molar-refractivity contribution in [3.05, 3.63) is 0 Å². The van der Waals surface area contributed by atoms with E-state index < -0.39 is 0 Å². The van der Waals surface area contributed by atoms with E-state index in [0.29, 0.717) is 15.9 Å². The molecule has 0 aromatic carbocycles. The number of thioether (sulfide) groups is 1. The summed E-state index contributed by atoms with van der Waals surface area (Å²) < 4.78 is 5.03. The Morgan fingerprint density at radius 3 is 2.44 bits per heavy atom.